The molecule has 3 aromatic heterocycles. The predicted molar refractivity (Wildman–Crippen MR) is 80.4 cm³/mol. The third-order valence-corrected chi connectivity index (χ3v) is 3.99. The van der Waals surface area contributed by atoms with E-state index in [-0.39, 0.29) is 11.7 Å². The highest BCUT2D eigenvalue weighted by atomic mass is 32.1. The Morgan fingerprint density at radius 3 is 2.90 bits per heavy atom. The van der Waals surface area contributed by atoms with Gasteiger partial charge in [0.2, 0.25) is 5.82 Å². The first-order chi connectivity index (χ1) is 10.0. The van der Waals surface area contributed by atoms with Crippen LogP contribution in [0.25, 0.3) is 5.78 Å². The number of carbonyl (C=O) groups is 1. The van der Waals surface area contributed by atoms with Crippen molar-refractivity contribution < 1.29 is 4.79 Å². The maximum Gasteiger partial charge on any atom is 0.293 e. The number of nitrogens with zero attached hydrogens (tertiary/aromatic N) is 5. The normalized spacial score (nSPS) is 11.0. The van der Waals surface area contributed by atoms with Crippen molar-refractivity contribution in [2.45, 2.75) is 20.4 Å². The summed E-state index contributed by atoms with van der Waals surface area (Å²) in [6.07, 6.45) is 0. The Morgan fingerprint density at radius 2 is 2.19 bits per heavy atom. The van der Waals surface area contributed by atoms with Gasteiger partial charge < -0.3 is 4.90 Å². The Morgan fingerprint density at radius 1 is 1.38 bits per heavy atom. The Bertz CT molecular complexity index is 793. The van der Waals surface area contributed by atoms with Gasteiger partial charge in [0.1, 0.15) is 0 Å². The molecule has 0 aliphatic rings. The van der Waals surface area contributed by atoms with Gasteiger partial charge in [-0.3, -0.25) is 4.79 Å². The van der Waals surface area contributed by atoms with Gasteiger partial charge in [0.25, 0.3) is 11.7 Å². The van der Waals surface area contributed by atoms with Crippen molar-refractivity contribution in [2.24, 2.45) is 0 Å². The lowest BCUT2D eigenvalue weighted by Crippen LogP contribution is -2.26. The van der Waals surface area contributed by atoms with Gasteiger partial charge >= 0.3 is 0 Å². The van der Waals surface area contributed by atoms with Crippen LogP contribution in [-0.4, -0.2) is 37.4 Å². The molecule has 1 amide bonds. The molecule has 0 N–H and O–H groups in total. The zero-order chi connectivity index (χ0) is 15.0. The minimum absolute atomic E-state index is 0.176. The summed E-state index contributed by atoms with van der Waals surface area (Å²) in [7, 11) is 1.75. The summed E-state index contributed by atoms with van der Waals surface area (Å²) in [5.41, 5.74) is 1.77. The number of rotatable bonds is 3. The summed E-state index contributed by atoms with van der Waals surface area (Å²) >= 11 is 1.62. The molecule has 0 bridgehead atoms. The highest BCUT2D eigenvalue weighted by molar-refractivity contribution is 7.09. The fourth-order valence-electron chi connectivity index (χ4n) is 2.14. The summed E-state index contributed by atoms with van der Waals surface area (Å²) in [5, 5.41) is 6.25. The summed E-state index contributed by atoms with van der Waals surface area (Å²) < 4.78 is 1.60. The molecule has 3 rings (SSSR count). The van der Waals surface area contributed by atoms with E-state index in [1.807, 2.05) is 37.4 Å². The molecule has 21 heavy (non-hydrogen) atoms. The molecule has 7 heteroatoms. The molecule has 0 saturated carbocycles. The zero-order valence-electron chi connectivity index (χ0n) is 12.1. The number of amides is 1. The first-order valence-electron chi connectivity index (χ1n) is 6.53. The lowest BCUT2D eigenvalue weighted by Gasteiger charge is -2.13. The van der Waals surface area contributed by atoms with Crippen molar-refractivity contribution in [1.82, 2.24) is 24.5 Å². The number of thiophene rings is 1. The number of fused-ring (bicyclic) bond motifs is 1. The van der Waals surface area contributed by atoms with E-state index in [2.05, 4.69) is 15.1 Å². The predicted octanol–water partition coefficient (Wildman–Crippen LogP) is 2.07. The lowest BCUT2D eigenvalue weighted by molar-refractivity contribution is 0.0774. The van der Waals surface area contributed by atoms with Crippen LogP contribution in [0.1, 0.15) is 26.9 Å². The Balaban J connectivity index is 1.89. The highest BCUT2D eigenvalue weighted by Crippen LogP contribution is 2.13. The smallest absolute Gasteiger partial charge is 0.293 e. The maximum absolute atomic E-state index is 12.4. The molecule has 3 aromatic rings. The van der Waals surface area contributed by atoms with Gasteiger partial charge in [-0.1, -0.05) is 6.07 Å². The molecule has 0 aliphatic carbocycles. The van der Waals surface area contributed by atoms with E-state index in [4.69, 9.17) is 0 Å². The van der Waals surface area contributed by atoms with Crippen molar-refractivity contribution in [3.8, 4) is 0 Å². The van der Waals surface area contributed by atoms with Crippen LogP contribution in [0.15, 0.2) is 23.6 Å². The van der Waals surface area contributed by atoms with Crippen molar-refractivity contribution >= 4 is 23.0 Å². The number of aromatic nitrogens is 4. The van der Waals surface area contributed by atoms with E-state index in [1.165, 1.54) is 0 Å². The summed E-state index contributed by atoms with van der Waals surface area (Å²) in [6.45, 7) is 4.36. The molecule has 0 saturated heterocycles. The van der Waals surface area contributed by atoms with Crippen molar-refractivity contribution in [3.05, 3.63) is 45.7 Å². The standard InChI is InChI=1S/C14H15N5OS/c1-9-7-10(2)19-14(15-9)16-12(17-19)13(20)18(3)8-11-5-4-6-21-11/h4-7H,8H2,1-3H3. The van der Waals surface area contributed by atoms with Crippen LogP contribution in [0.2, 0.25) is 0 Å². The molecular formula is C14H15N5OS. The number of hydrogen-bond acceptors (Lipinski definition) is 5. The summed E-state index contributed by atoms with van der Waals surface area (Å²) in [6, 6.07) is 5.88. The molecule has 6 nitrogen and oxygen atoms in total. The first-order valence-corrected chi connectivity index (χ1v) is 7.41. The molecular weight excluding hydrogens is 286 g/mol. The van der Waals surface area contributed by atoms with Crippen LogP contribution in [0.4, 0.5) is 0 Å². The van der Waals surface area contributed by atoms with Crippen molar-refractivity contribution in [1.29, 1.82) is 0 Å². The maximum atomic E-state index is 12.4. The zero-order valence-corrected chi connectivity index (χ0v) is 12.9. The fraction of sp³-hybridized carbons (Fsp3) is 0.286. The molecule has 0 aliphatic heterocycles. The van der Waals surface area contributed by atoms with E-state index < -0.39 is 0 Å². The van der Waals surface area contributed by atoms with Gasteiger partial charge in [0, 0.05) is 23.3 Å². The van der Waals surface area contributed by atoms with Gasteiger partial charge in [0.05, 0.1) is 6.54 Å². The van der Waals surface area contributed by atoms with Gasteiger partial charge in [-0.2, -0.15) is 4.98 Å². The van der Waals surface area contributed by atoms with Gasteiger partial charge in [0.15, 0.2) is 0 Å². The molecule has 0 unspecified atom stereocenters. The van der Waals surface area contributed by atoms with Crippen molar-refractivity contribution in [2.75, 3.05) is 7.05 Å². The van der Waals surface area contributed by atoms with E-state index in [1.54, 1.807) is 27.8 Å². The summed E-state index contributed by atoms with van der Waals surface area (Å²) in [5.74, 6) is 0.432. The fourth-order valence-corrected chi connectivity index (χ4v) is 2.89. The van der Waals surface area contributed by atoms with Crippen LogP contribution in [0, 0.1) is 13.8 Å². The molecule has 0 aromatic carbocycles. The quantitative estimate of drug-likeness (QED) is 0.743. The van der Waals surface area contributed by atoms with E-state index in [0.29, 0.717) is 12.3 Å². The van der Waals surface area contributed by atoms with Crippen LogP contribution in [0.5, 0.6) is 0 Å². The SMILES string of the molecule is Cc1cc(C)n2nc(C(=O)N(C)Cc3cccs3)nc2n1. The van der Waals surface area contributed by atoms with Crippen molar-refractivity contribution in [3.63, 3.8) is 0 Å². The molecule has 0 spiro atoms. The molecule has 108 valence electrons. The second-order valence-corrected chi connectivity index (χ2v) is 5.96. The van der Waals surface area contributed by atoms with Gasteiger partial charge in [-0.25, -0.2) is 9.50 Å². The summed E-state index contributed by atoms with van der Waals surface area (Å²) in [4.78, 5) is 23.7. The number of aryl methyl sites for hydroxylation is 2. The minimum atomic E-state index is -0.203. The van der Waals surface area contributed by atoms with Gasteiger partial charge in [-0.05, 0) is 31.4 Å². The third-order valence-electron chi connectivity index (χ3n) is 3.13. The lowest BCUT2D eigenvalue weighted by atomic mass is 10.4. The molecule has 0 radical (unpaired) electrons. The van der Waals surface area contributed by atoms with E-state index in [0.717, 1.165) is 16.3 Å². The Labute approximate surface area is 126 Å². The molecule has 0 fully saturated rings. The third kappa shape index (κ3) is 2.64. The van der Waals surface area contributed by atoms with E-state index in [9.17, 15) is 4.79 Å². The Hall–Kier alpha value is -2.28. The second kappa shape index (κ2) is 5.25. The number of hydrogen-bond donors (Lipinski definition) is 0. The average Bonchev–Trinajstić information content (AvgIpc) is 3.06. The van der Waals surface area contributed by atoms with Crippen LogP contribution in [-0.2, 0) is 6.54 Å². The number of carbonyl (C=O) groups excluding carboxylic acids is 1. The molecule has 0 atom stereocenters. The minimum Gasteiger partial charge on any atom is -0.334 e. The largest absolute Gasteiger partial charge is 0.334 e. The average molecular weight is 301 g/mol. The van der Waals surface area contributed by atoms with Crippen LogP contribution >= 0.6 is 11.3 Å². The molecule has 3 heterocycles. The van der Waals surface area contributed by atoms with Crippen LogP contribution in [0.3, 0.4) is 0 Å². The second-order valence-electron chi connectivity index (χ2n) is 4.93. The van der Waals surface area contributed by atoms with E-state index >= 15 is 0 Å². The van der Waals surface area contributed by atoms with Gasteiger partial charge in [-0.15, -0.1) is 16.4 Å². The topological polar surface area (TPSA) is 63.4 Å². The first kappa shape index (κ1) is 13.7. The highest BCUT2D eigenvalue weighted by Gasteiger charge is 2.19. The monoisotopic (exact) mass is 301 g/mol. The Kier molecular flexibility index (Phi) is 3.42. The van der Waals surface area contributed by atoms with Crippen LogP contribution < -0.4 is 0 Å².